The van der Waals surface area contributed by atoms with Crippen LogP contribution in [0.15, 0.2) is 71.6 Å². The van der Waals surface area contributed by atoms with E-state index >= 15 is 0 Å². The second-order valence-corrected chi connectivity index (χ2v) is 9.17. The molecule has 168 valence electrons. The highest BCUT2D eigenvalue weighted by Crippen LogP contribution is 2.36. The first-order valence-electron chi connectivity index (χ1n) is 9.62. The second kappa shape index (κ2) is 9.93. The van der Waals surface area contributed by atoms with Crippen molar-refractivity contribution < 1.29 is 22.7 Å². The zero-order valence-corrected chi connectivity index (χ0v) is 19.4. The number of carbonyl (C=O) groups excluding carboxylic acids is 1. The van der Waals surface area contributed by atoms with Crippen molar-refractivity contribution in [3.8, 4) is 11.5 Å². The Morgan fingerprint density at radius 1 is 0.969 bits per heavy atom. The predicted octanol–water partition coefficient (Wildman–Crippen LogP) is 4.50. The minimum absolute atomic E-state index is 0.0834. The molecular formula is C23H23ClN2O5S. The van der Waals surface area contributed by atoms with Gasteiger partial charge in [0.1, 0.15) is 18.0 Å². The number of hydrogen-bond acceptors (Lipinski definition) is 5. The van der Waals surface area contributed by atoms with Crippen molar-refractivity contribution in [1.29, 1.82) is 0 Å². The van der Waals surface area contributed by atoms with Gasteiger partial charge in [-0.1, -0.05) is 41.9 Å². The van der Waals surface area contributed by atoms with Crippen LogP contribution in [0.1, 0.15) is 5.56 Å². The Labute approximate surface area is 192 Å². The van der Waals surface area contributed by atoms with Crippen LogP contribution in [0.25, 0.3) is 0 Å². The Morgan fingerprint density at radius 3 is 2.28 bits per heavy atom. The highest BCUT2D eigenvalue weighted by atomic mass is 35.5. The number of anilines is 2. The second-order valence-electron chi connectivity index (χ2n) is 6.90. The van der Waals surface area contributed by atoms with Crippen molar-refractivity contribution in [3.63, 3.8) is 0 Å². The smallest absolute Gasteiger partial charge is 0.264 e. The maximum atomic E-state index is 13.4. The van der Waals surface area contributed by atoms with Crippen molar-refractivity contribution in [1.82, 2.24) is 0 Å². The number of benzene rings is 3. The highest BCUT2D eigenvalue weighted by Gasteiger charge is 2.27. The average molecular weight is 475 g/mol. The van der Waals surface area contributed by atoms with Gasteiger partial charge in [0.2, 0.25) is 5.91 Å². The summed E-state index contributed by atoms with van der Waals surface area (Å²) < 4.78 is 38.3. The van der Waals surface area contributed by atoms with Gasteiger partial charge in [0.15, 0.2) is 0 Å². The topological polar surface area (TPSA) is 84.9 Å². The van der Waals surface area contributed by atoms with Crippen LogP contribution in [0, 0.1) is 6.92 Å². The SMILES string of the molecule is COc1cc(NC(=O)CN(c2cccc(C)c2)S(=O)(=O)c2ccccc2)c(OC)cc1Cl. The van der Waals surface area contributed by atoms with E-state index in [-0.39, 0.29) is 4.90 Å². The molecule has 3 aromatic carbocycles. The van der Waals surface area contributed by atoms with E-state index in [1.807, 2.05) is 13.0 Å². The van der Waals surface area contributed by atoms with Crippen LogP contribution in [0.3, 0.4) is 0 Å². The van der Waals surface area contributed by atoms with Gasteiger partial charge in [-0.3, -0.25) is 9.10 Å². The molecule has 0 heterocycles. The van der Waals surface area contributed by atoms with Crippen molar-refractivity contribution in [2.75, 3.05) is 30.4 Å². The number of rotatable bonds is 8. The number of aryl methyl sites for hydroxylation is 1. The average Bonchev–Trinajstić information content (AvgIpc) is 2.78. The molecule has 0 saturated heterocycles. The molecule has 0 unspecified atom stereocenters. The molecule has 0 atom stereocenters. The summed E-state index contributed by atoms with van der Waals surface area (Å²) in [7, 11) is -1.11. The van der Waals surface area contributed by atoms with Crippen molar-refractivity contribution >= 4 is 38.9 Å². The Hall–Kier alpha value is -3.23. The first-order valence-corrected chi connectivity index (χ1v) is 11.4. The fourth-order valence-corrected chi connectivity index (χ4v) is 4.76. The van der Waals surface area contributed by atoms with E-state index in [1.54, 1.807) is 36.4 Å². The normalized spacial score (nSPS) is 11.0. The summed E-state index contributed by atoms with van der Waals surface area (Å²) in [6.45, 7) is 1.40. The fraction of sp³-hybridized carbons (Fsp3) is 0.174. The molecule has 1 amide bonds. The molecule has 0 aliphatic heterocycles. The summed E-state index contributed by atoms with van der Waals surface area (Å²) in [5.41, 5.74) is 1.55. The fourth-order valence-electron chi connectivity index (χ4n) is 3.10. The Balaban J connectivity index is 1.97. The Morgan fingerprint density at radius 2 is 1.66 bits per heavy atom. The maximum absolute atomic E-state index is 13.4. The first-order chi connectivity index (χ1) is 15.3. The quantitative estimate of drug-likeness (QED) is 0.519. The number of amides is 1. The van der Waals surface area contributed by atoms with Crippen molar-refractivity contribution in [3.05, 3.63) is 77.3 Å². The summed E-state index contributed by atoms with van der Waals surface area (Å²) in [6.07, 6.45) is 0. The van der Waals surface area contributed by atoms with Gasteiger partial charge in [0.05, 0.1) is 35.5 Å². The number of nitrogens with zero attached hydrogens (tertiary/aromatic N) is 1. The minimum atomic E-state index is -4.00. The lowest BCUT2D eigenvalue weighted by atomic mass is 10.2. The predicted molar refractivity (Wildman–Crippen MR) is 125 cm³/mol. The van der Waals surface area contributed by atoms with Crippen LogP contribution < -0.4 is 19.1 Å². The van der Waals surface area contributed by atoms with Crippen LogP contribution in [0.4, 0.5) is 11.4 Å². The highest BCUT2D eigenvalue weighted by molar-refractivity contribution is 7.92. The molecule has 32 heavy (non-hydrogen) atoms. The van der Waals surface area contributed by atoms with Gasteiger partial charge >= 0.3 is 0 Å². The summed E-state index contributed by atoms with van der Waals surface area (Å²) in [5.74, 6) is 0.0982. The summed E-state index contributed by atoms with van der Waals surface area (Å²) in [4.78, 5) is 13.0. The van der Waals surface area contributed by atoms with Gasteiger partial charge in [0.25, 0.3) is 10.0 Å². The van der Waals surface area contributed by atoms with Crippen LogP contribution >= 0.6 is 11.6 Å². The van der Waals surface area contributed by atoms with Gasteiger partial charge in [-0.2, -0.15) is 0 Å². The van der Waals surface area contributed by atoms with E-state index in [0.717, 1.165) is 9.87 Å². The molecule has 0 aromatic heterocycles. The number of nitrogens with one attached hydrogen (secondary N) is 1. The molecule has 0 radical (unpaired) electrons. The third kappa shape index (κ3) is 5.15. The molecule has 1 N–H and O–H groups in total. The first kappa shape index (κ1) is 23.4. The lowest BCUT2D eigenvalue weighted by Gasteiger charge is -2.24. The number of halogens is 1. The largest absolute Gasteiger partial charge is 0.495 e. The monoisotopic (exact) mass is 474 g/mol. The molecule has 0 saturated carbocycles. The zero-order valence-electron chi connectivity index (χ0n) is 17.8. The zero-order chi connectivity index (χ0) is 23.3. The number of hydrogen-bond donors (Lipinski definition) is 1. The van der Waals surface area contributed by atoms with E-state index in [9.17, 15) is 13.2 Å². The molecule has 0 bridgehead atoms. The van der Waals surface area contributed by atoms with Crippen LogP contribution in [0.5, 0.6) is 11.5 Å². The molecule has 0 aliphatic carbocycles. The van der Waals surface area contributed by atoms with Gasteiger partial charge in [-0.05, 0) is 36.8 Å². The van der Waals surface area contributed by atoms with Crippen molar-refractivity contribution in [2.45, 2.75) is 11.8 Å². The molecule has 9 heteroatoms. The van der Waals surface area contributed by atoms with Gasteiger partial charge in [0, 0.05) is 12.1 Å². The third-order valence-electron chi connectivity index (χ3n) is 4.66. The Kier molecular flexibility index (Phi) is 7.27. The molecule has 0 fully saturated rings. The van der Waals surface area contributed by atoms with E-state index in [2.05, 4.69) is 5.32 Å². The summed E-state index contributed by atoms with van der Waals surface area (Å²) in [6, 6.07) is 17.9. The number of ether oxygens (including phenoxy) is 2. The van der Waals surface area contributed by atoms with Crippen molar-refractivity contribution in [2.24, 2.45) is 0 Å². The molecule has 3 aromatic rings. The molecule has 0 aliphatic rings. The number of carbonyl (C=O) groups is 1. The molecule has 3 rings (SSSR count). The molecule has 0 spiro atoms. The Bertz CT molecular complexity index is 1220. The van der Waals surface area contributed by atoms with Gasteiger partial charge < -0.3 is 14.8 Å². The molecular weight excluding hydrogens is 452 g/mol. The standard InChI is InChI=1S/C23H23ClN2O5S/c1-16-8-7-9-17(12-16)26(32(28,29)18-10-5-4-6-11-18)15-23(27)25-20-14-21(30-2)19(24)13-22(20)31-3/h4-14H,15H2,1-3H3,(H,25,27). The number of sulfonamides is 1. The van der Waals surface area contributed by atoms with Crippen LogP contribution in [0.2, 0.25) is 5.02 Å². The summed E-state index contributed by atoms with van der Waals surface area (Å²) in [5, 5.41) is 3.01. The van der Waals surface area contributed by atoms with E-state index in [0.29, 0.717) is 27.9 Å². The van der Waals surface area contributed by atoms with Crippen LogP contribution in [-0.4, -0.2) is 35.1 Å². The third-order valence-corrected chi connectivity index (χ3v) is 6.74. The molecule has 7 nitrogen and oxygen atoms in total. The van der Waals surface area contributed by atoms with Crippen LogP contribution in [-0.2, 0) is 14.8 Å². The summed E-state index contributed by atoms with van der Waals surface area (Å²) >= 11 is 6.12. The van der Waals surface area contributed by atoms with E-state index in [4.69, 9.17) is 21.1 Å². The van der Waals surface area contributed by atoms with E-state index < -0.39 is 22.5 Å². The number of methoxy groups -OCH3 is 2. The van der Waals surface area contributed by atoms with Gasteiger partial charge in [-0.25, -0.2) is 8.42 Å². The lowest BCUT2D eigenvalue weighted by molar-refractivity contribution is -0.114. The van der Waals surface area contributed by atoms with E-state index in [1.165, 1.54) is 38.5 Å². The maximum Gasteiger partial charge on any atom is 0.264 e. The van der Waals surface area contributed by atoms with Gasteiger partial charge in [-0.15, -0.1) is 0 Å². The minimum Gasteiger partial charge on any atom is -0.495 e. The lowest BCUT2D eigenvalue weighted by Crippen LogP contribution is -2.38.